The summed E-state index contributed by atoms with van der Waals surface area (Å²) >= 11 is 0. The first-order valence-electron chi connectivity index (χ1n) is 9.11. The number of hydrogen-bond donors (Lipinski definition) is 1. The van der Waals surface area contributed by atoms with Crippen LogP contribution in [0.3, 0.4) is 0 Å². The highest BCUT2D eigenvalue weighted by Crippen LogP contribution is 2.40. The first-order valence-corrected chi connectivity index (χ1v) is 9.11. The Morgan fingerprint density at radius 3 is 2.64 bits per heavy atom. The minimum atomic E-state index is -0.936. The molecule has 0 radical (unpaired) electrons. The number of carbonyl (C=O) groups is 2. The highest BCUT2D eigenvalue weighted by Gasteiger charge is 2.50. The van der Waals surface area contributed by atoms with Gasteiger partial charge in [-0.3, -0.25) is 14.9 Å². The Balaban J connectivity index is 2.25. The largest absolute Gasteiger partial charge is 0.444 e. The fourth-order valence-electron chi connectivity index (χ4n) is 3.32. The van der Waals surface area contributed by atoms with Gasteiger partial charge in [0.1, 0.15) is 11.3 Å². The van der Waals surface area contributed by atoms with Gasteiger partial charge in [0.15, 0.2) is 0 Å². The molecule has 1 aliphatic heterocycles. The van der Waals surface area contributed by atoms with Crippen LogP contribution in [0.25, 0.3) is 0 Å². The molecule has 1 saturated heterocycles. The fourth-order valence-corrected chi connectivity index (χ4v) is 3.32. The summed E-state index contributed by atoms with van der Waals surface area (Å²) < 4.78 is 5.43. The number of nitrogens with one attached hydrogen (secondary N) is 1. The highest BCUT2D eigenvalue weighted by atomic mass is 16.6. The van der Waals surface area contributed by atoms with Gasteiger partial charge in [0.05, 0.1) is 10.3 Å². The lowest BCUT2D eigenvalue weighted by molar-refractivity contribution is -0.383. The standard InChI is InChI=1S/C20H27N3O5/c1-6-9-14-12-22(18(25)28-19(2,3)4)13-20(14,5)17(24)21-15-10-7-8-11-16(15)23(26)27/h6-8,10-11,14H,1,9,12-13H2,2-5H3,(H,21,24)/t14-,20+/m0/s1. The maximum Gasteiger partial charge on any atom is 0.410 e. The molecule has 1 aromatic carbocycles. The van der Waals surface area contributed by atoms with Gasteiger partial charge >= 0.3 is 6.09 Å². The number of para-hydroxylation sites is 2. The van der Waals surface area contributed by atoms with E-state index in [2.05, 4.69) is 11.9 Å². The van der Waals surface area contributed by atoms with Crippen LogP contribution >= 0.6 is 0 Å². The summed E-state index contributed by atoms with van der Waals surface area (Å²) in [7, 11) is 0. The lowest BCUT2D eigenvalue weighted by Gasteiger charge is -2.28. The molecule has 1 fully saturated rings. The van der Waals surface area contributed by atoms with E-state index in [0.717, 1.165) is 0 Å². The Morgan fingerprint density at radius 2 is 2.07 bits per heavy atom. The van der Waals surface area contributed by atoms with Crippen molar-refractivity contribution in [3.63, 3.8) is 0 Å². The minimum Gasteiger partial charge on any atom is -0.444 e. The molecule has 0 spiro atoms. The SMILES string of the molecule is C=CC[C@H]1CN(C(=O)OC(C)(C)C)C[C@@]1(C)C(=O)Nc1ccccc1[N+](=O)[O-]. The van der Waals surface area contributed by atoms with E-state index in [1.54, 1.807) is 39.8 Å². The molecule has 1 heterocycles. The number of nitrogens with zero attached hydrogens (tertiary/aromatic N) is 2. The Kier molecular flexibility index (Phi) is 6.11. The summed E-state index contributed by atoms with van der Waals surface area (Å²) in [5.74, 6) is -0.556. The average molecular weight is 389 g/mol. The van der Waals surface area contributed by atoms with Gasteiger partial charge in [0.2, 0.25) is 5.91 Å². The highest BCUT2D eigenvalue weighted by molar-refractivity contribution is 5.98. The van der Waals surface area contributed by atoms with Crippen LogP contribution in [-0.4, -0.2) is 40.5 Å². The Bertz CT molecular complexity index is 786. The van der Waals surface area contributed by atoms with E-state index >= 15 is 0 Å². The summed E-state index contributed by atoms with van der Waals surface area (Å²) in [5, 5.41) is 13.9. The number of ether oxygens (including phenoxy) is 1. The van der Waals surface area contributed by atoms with Gasteiger partial charge in [-0.15, -0.1) is 6.58 Å². The molecule has 152 valence electrons. The van der Waals surface area contributed by atoms with Crippen molar-refractivity contribution in [3.8, 4) is 0 Å². The molecule has 0 unspecified atom stereocenters. The van der Waals surface area contributed by atoms with Gasteiger partial charge in [-0.25, -0.2) is 4.79 Å². The van der Waals surface area contributed by atoms with E-state index in [0.29, 0.717) is 13.0 Å². The number of nitro benzene ring substituents is 1. The van der Waals surface area contributed by atoms with Gasteiger partial charge in [0, 0.05) is 19.2 Å². The second-order valence-corrected chi connectivity index (χ2v) is 8.23. The van der Waals surface area contributed by atoms with E-state index < -0.39 is 22.0 Å². The van der Waals surface area contributed by atoms with Gasteiger partial charge in [-0.2, -0.15) is 0 Å². The van der Waals surface area contributed by atoms with Crippen LogP contribution in [0.4, 0.5) is 16.2 Å². The van der Waals surface area contributed by atoms with Crippen molar-refractivity contribution in [2.24, 2.45) is 11.3 Å². The maximum absolute atomic E-state index is 13.1. The molecular weight excluding hydrogens is 362 g/mol. The van der Waals surface area contributed by atoms with Gasteiger partial charge in [-0.1, -0.05) is 18.2 Å². The predicted molar refractivity (Wildman–Crippen MR) is 106 cm³/mol. The molecule has 28 heavy (non-hydrogen) atoms. The monoisotopic (exact) mass is 389 g/mol. The molecule has 8 nitrogen and oxygen atoms in total. The molecule has 8 heteroatoms. The van der Waals surface area contributed by atoms with Crippen molar-refractivity contribution < 1.29 is 19.2 Å². The predicted octanol–water partition coefficient (Wildman–Crippen LogP) is 3.98. The van der Waals surface area contributed by atoms with E-state index in [9.17, 15) is 19.7 Å². The molecule has 1 N–H and O–H groups in total. The lowest BCUT2D eigenvalue weighted by atomic mass is 9.77. The number of anilines is 1. The minimum absolute atomic E-state index is 0.131. The normalized spacial score (nSPS) is 21.9. The van der Waals surface area contributed by atoms with Crippen molar-refractivity contribution in [3.05, 3.63) is 47.0 Å². The third kappa shape index (κ3) is 4.68. The van der Waals surface area contributed by atoms with E-state index in [-0.39, 0.29) is 29.7 Å². The summed E-state index contributed by atoms with van der Waals surface area (Å²) in [6.07, 6.45) is 1.75. The Hall–Kier alpha value is -2.90. The third-order valence-corrected chi connectivity index (χ3v) is 4.83. The van der Waals surface area contributed by atoms with Crippen LogP contribution in [-0.2, 0) is 9.53 Å². The number of allylic oxidation sites excluding steroid dienone is 1. The number of amides is 2. The first-order chi connectivity index (χ1) is 13.0. The second kappa shape index (κ2) is 8.00. The summed E-state index contributed by atoms with van der Waals surface area (Å²) in [5.41, 5.74) is -1.63. The quantitative estimate of drug-likeness (QED) is 0.466. The molecule has 2 amide bonds. The molecular formula is C20H27N3O5. The van der Waals surface area contributed by atoms with Crippen LogP contribution in [0.1, 0.15) is 34.1 Å². The summed E-state index contributed by atoms with van der Waals surface area (Å²) in [6, 6.07) is 5.98. The molecule has 0 aliphatic carbocycles. The molecule has 0 aromatic heterocycles. The van der Waals surface area contributed by atoms with Crippen molar-refractivity contribution in [1.29, 1.82) is 0 Å². The van der Waals surface area contributed by atoms with Crippen molar-refractivity contribution in [2.75, 3.05) is 18.4 Å². The average Bonchev–Trinajstić information content (AvgIpc) is 2.92. The zero-order valence-corrected chi connectivity index (χ0v) is 16.7. The molecule has 2 atom stereocenters. The number of rotatable bonds is 5. The molecule has 0 bridgehead atoms. The van der Waals surface area contributed by atoms with E-state index in [1.807, 2.05) is 0 Å². The number of hydrogen-bond acceptors (Lipinski definition) is 5. The smallest absolute Gasteiger partial charge is 0.410 e. The van der Waals surface area contributed by atoms with Crippen LogP contribution < -0.4 is 5.32 Å². The lowest BCUT2D eigenvalue weighted by Crippen LogP contribution is -2.41. The molecule has 1 aliphatic rings. The van der Waals surface area contributed by atoms with Crippen LogP contribution in [0.5, 0.6) is 0 Å². The molecule has 1 aromatic rings. The Morgan fingerprint density at radius 1 is 1.43 bits per heavy atom. The van der Waals surface area contributed by atoms with Crippen LogP contribution in [0, 0.1) is 21.4 Å². The fraction of sp³-hybridized carbons (Fsp3) is 0.500. The van der Waals surface area contributed by atoms with Gasteiger partial charge in [0.25, 0.3) is 5.69 Å². The molecule has 2 rings (SSSR count). The number of likely N-dealkylation sites (tertiary alicyclic amines) is 1. The zero-order valence-electron chi connectivity index (χ0n) is 16.7. The first kappa shape index (κ1) is 21.4. The van der Waals surface area contributed by atoms with Crippen molar-refractivity contribution in [1.82, 2.24) is 4.90 Å². The summed E-state index contributed by atoms with van der Waals surface area (Å²) in [6.45, 7) is 11.4. The van der Waals surface area contributed by atoms with E-state index in [1.165, 1.54) is 23.1 Å². The number of carbonyl (C=O) groups excluding carboxylic acids is 2. The van der Waals surface area contributed by atoms with Gasteiger partial charge in [-0.05, 0) is 46.1 Å². The van der Waals surface area contributed by atoms with Crippen LogP contribution in [0.15, 0.2) is 36.9 Å². The molecule has 0 saturated carbocycles. The number of nitro groups is 1. The number of benzene rings is 1. The Labute approximate surface area is 164 Å². The van der Waals surface area contributed by atoms with Crippen molar-refractivity contribution >= 4 is 23.4 Å². The zero-order chi connectivity index (χ0) is 21.1. The van der Waals surface area contributed by atoms with Crippen LogP contribution in [0.2, 0.25) is 0 Å². The second-order valence-electron chi connectivity index (χ2n) is 8.23. The third-order valence-electron chi connectivity index (χ3n) is 4.83. The van der Waals surface area contributed by atoms with Gasteiger partial charge < -0.3 is 15.0 Å². The van der Waals surface area contributed by atoms with E-state index in [4.69, 9.17) is 4.74 Å². The maximum atomic E-state index is 13.1. The van der Waals surface area contributed by atoms with Crippen molar-refractivity contribution in [2.45, 2.75) is 39.7 Å². The topological polar surface area (TPSA) is 102 Å². The summed E-state index contributed by atoms with van der Waals surface area (Å²) in [4.78, 5) is 37.8.